The summed E-state index contributed by atoms with van der Waals surface area (Å²) in [6.45, 7) is 3.77. The Labute approximate surface area is 229 Å². The van der Waals surface area contributed by atoms with Crippen molar-refractivity contribution < 1.29 is 13.9 Å². The molecule has 1 N–H and O–H groups in total. The Morgan fingerprint density at radius 1 is 1.13 bits per heavy atom. The quantitative estimate of drug-likeness (QED) is 0.294. The highest BCUT2D eigenvalue weighted by Crippen LogP contribution is 2.35. The molecule has 2 aliphatic rings. The summed E-state index contributed by atoms with van der Waals surface area (Å²) in [7, 11) is 0. The molecule has 0 radical (unpaired) electrons. The molecule has 6 rings (SSSR count). The van der Waals surface area contributed by atoms with Crippen LogP contribution in [0.25, 0.3) is 17.0 Å². The summed E-state index contributed by atoms with van der Waals surface area (Å²) in [6, 6.07) is 12.4. The molecule has 1 amide bonds. The normalized spacial score (nSPS) is 15.2. The van der Waals surface area contributed by atoms with E-state index in [0.29, 0.717) is 24.9 Å². The zero-order valence-electron chi connectivity index (χ0n) is 20.5. The van der Waals surface area contributed by atoms with Crippen molar-refractivity contribution >= 4 is 46.2 Å². The molecular formula is C29H25Cl2FN4O2. The fraction of sp³-hybridized carbons (Fsp3) is 0.241. The first-order valence-corrected chi connectivity index (χ1v) is 13.2. The number of fused-ring (bicyclic) bond motifs is 4. The highest BCUT2D eigenvalue weighted by molar-refractivity contribution is 6.30. The minimum Gasteiger partial charge on any atom is -0.372 e. The number of ether oxygens (including phenoxy) is 1. The first-order valence-electron chi connectivity index (χ1n) is 12.4. The number of amides is 1. The van der Waals surface area contributed by atoms with Crippen LogP contribution in [0.3, 0.4) is 0 Å². The summed E-state index contributed by atoms with van der Waals surface area (Å²) in [5.74, 6) is -0.422. The molecule has 4 aromatic rings. The van der Waals surface area contributed by atoms with Gasteiger partial charge < -0.3 is 10.1 Å². The number of hydrogen-bond acceptors (Lipinski definition) is 4. The van der Waals surface area contributed by atoms with Gasteiger partial charge in [-0.3, -0.25) is 9.47 Å². The minimum absolute atomic E-state index is 0.115. The average molecular weight is 551 g/mol. The first-order chi connectivity index (χ1) is 18.5. The number of halogens is 3. The maximum atomic E-state index is 13.5. The number of rotatable bonds is 5. The van der Waals surface area contributed by atoms with Crippen LogP contribution >= 0.6 is 23.2 Å². The molecule has 0 saturated carbocycles. The van der Waals surface area contributed by atoms with Crippen LogP contribution in [0.2, 0.25) is 10.2 Å². The number of nitrogens with zero attached hydrogens (tertiary/aromatic N) is 3. The van der Waals surface area contributed by atoms with Crippen molar-refractivity contribution in [2.45, 2.75) is 32.7 Å². The Balaban J connectivity index is 1.27. The van der Waals surface area contributed by atoms with Gasteiger partial charge in [0.2, 0.25) is 0 Å². The molecular weight excluding hydrogens is 526 g/mol. The van der Waals surface area contributed by atoms with Gasteiger partial charge >= 0.3 is 6.03 Å². The van der Waals surface area contributed by atoms with Gasteiger partial charge in [-0.15, -0.1) is 0 Å². The largest absolute Gasteiger partial charge is 0.372 e. The van der Waals surface area contributed by atoms with Gasteiger partial charge in [0.15, 0.2) is 0 Å². The number of benzene rings is 2. The van der Waals surface area contributed by atoms with Crippen LogP contribution in [-0.2, 0) is 37.5 Å². The van der Waals surface area contributed by atoms with Crippen molar-refractivity contribution in [2.75, 3.05) is 13.1 Å². The topological polar surface area (TPSA) is 59.4 Å². The maximum Gasteiger partial charge on any atom is 0.326 e. The molecule has 2 aromatic heterocycles. The van der Waals surface area contributed by atoms with Crippen molar-refractivity contribution in [1.82, 2.24) is 19.8 Å². The van der Waals surface area contributed by atoms with Gasteiger partial charge in [0.05, 0.1) is 23.8 Å². The lowest BCUT2D eigenvalue weighted by atomic mass is 10.0. The van der Waals surface area contributed by atoms with E-state index in [4.69, 9.17) is 27.9 Å². The monoisotopic (exact) mass is 550 g/mol. The summed E-state index contributed by atoms with van der Waals surface area (Å²) >= 11 is 11.9. The number of nitrogens with one attached hydrogen (secondary N) is 1. The van der Waals surface area contributed by atoms with Crippen LogP contribution in [-0.4, -0.2) is 33.6 Å². The van der Waals surface area contributed by atoms with E-state index in [9.17, 15) is 9.18 Å². The van der Waals surface area contributed by atoms with Gasteiger partial charge in [-0.2, -0.15) is 0 Å². The molecule has 0 saturated heterocycles. The van der Waals surface area contributed by atoms with Crippen LogP contribution in [0.4, 0.5) is 9.18 Å². The summed E-state index contributed by atoms with van der Waals surface area (Å²) < 4.78 is 21.0. The van der Waals surface area contributed by atoms with Crippen molar-refractivity contribution in [2.24, 2.45) is 0 Å². The van der Waals surface area contributed by atoms with Crippen molar-refractivity contribution in [3.05, 3.63) is 104 Å². The number of carbonyl (C=O) groups is 1. The third-order valence-electron chi connectivity index (χ3n) is 7.12. The standard InChI is InChI=1S/C29H25Cl2FN4O2/c30-24-10-18(3-4-25(24)32)2-1-8-35-9-6-26-23(15-35)22-12-20-16-38-17-21(20)13-27(22)36(26)29(37)34-14-19-5-7-33-28(31)11-19/h1-5,7,10-13H,6,8-9,14-17H2,(H,34,37)/b2-1+. The lowest BCUT2D eigenvalue weighted by molar-refractivity contribution is 0.134. The second-order valence-electron chi connectivity index (χ2n) is 9.60. The van der Waals surface area contributed by atoms with Crippen LogP contribution in [0.15, 0.2) is 54.7 Å². The van der Waals surface area contributed by atoms with Gasteiger partial charge in [-0.1, -0.05) is 41.4 Å². The van der Waals surface area contributed by atoms with Crippen LogP contribution in [0, 0.1) is 5.82 Å². The van der Waals surface area contributed by atoms with Crippen molar-refractivity contribution in [1.29, 1.82) is 0 Å². The highest BCUT2D eigenvalue weighted by atomic mass is 35.5. The Hall–Kier alpha value is -3.23. The van der Waals surface area contributed by atoms with Gasteiger partial charge in [0.25, 0.3) is 0 Å². The first kappa shape index (κ1) is 25.1. The summed E-state index contributed by atoms with van der Waals surface area (Å²) in [4.78, 5) is 19.9. The van der Waals surface area contributed by atoms with Crippen LogP contribution in [0.1, 0.15) is 33.5 Å². The van der Waals surface area contributed by atoms with E-state index in [1.807, 2.05) is 16.7 Å². The third-order valence-corrected chi connectivity index (χ3v) is 7.62. The Kier molecular flexibility index (Phi) is 6.93. The van der Waals surface area contributed by atoms with E-state index in [1.54, 1.807) is 24.4 Å². The summed E-state index contributed by atoms with van der Waals surface area (Å²) in [5.41, 5.74) is 7.16. The van der Waals surface area contributed by atoms with E-state index >= 15 is 0 Å². The summed E-state index contributed by atoms with van der Waals surface area (Å²) in [6.07, 6.45) is 6.39. The van der Waals surface area contributed by atoms with Crippen LogP contribution < -0.4 is 5.32 Å². The second-order valence-corrected chi connectivity index (χ2v) is 10.4. The fourth-order valence-electron chi connectivity index (χ4n) is 5.24. The highest BCUT2D eigenvalue weighted by Gasteiger charge is 2.28. The SMILES string of the molecule is O=C(NCc1ccnc(Cl)c1)n1c2c(c3cc4c(cc31)COC4)CN(C/C=C/c1ccc(F)c(Cl)c1)CC2. The zero-order valence-corrected chi connectivity index (χ0v) is 22.0. The van der Waals surface area contributed by atoms with E-state index in [-0.39, 0.29) is 11.1 Å². The van der Waals surface area contributed by atoms with Gasteiger partial charge in [-0.05, 0) is 64.2 Å². The molecule has 2 aliphatic heterocycles. The van der Waals surface area contributed by atoms with E-state index < -0.39 is 5.82 Å². The molecule has 2 aromatic carbocycles. The second kappa shape index (κ2) is 10.5. The lowest BCUT2D eigenvalue weighted by Gasteiger charge is -2.27. The lowest BCUT2D eigenvalue weighted by Crippen LogP contribution is -2.34. The maximum absolute atomic E-state index is 13.5. The average Bonchev–Trinajstić information content (AvgIpc) is 3.49. The van der Waals surface area contributed by atoms with E-state index in [0.717, 1.165) is 59.3 Å². The number of aromatic nitrogens is 2. The van der Waals surface area contributed by atoms with Gasteiger partial charge in [0.1, 0.15) is 11.0 Å². The molecule has 38 heavy (non-hydrogen) atoms. The van der Waals surface area contributed by atoms with Gasteiger partial charge in [-0.25, -0.2) is 14.2 Å². The Bertz CT molecular complexity index is 1580. The molecule has 9 heteroatoms. The molecule has 4 heterocycles. The molecule has 0 bridgehead atoms. The third kappa shape index (κ3) is 4.95. The van der Waals surface area contributed by atoms with Crippen molar-refractivity contribution in [3.8, 4) is 0 Å². The Morgan fingerprint density at radius 3 is 2.79 bits per heavy atom. The molecule has 0 spiro atoms. The Morgan fingerprint density at radius 2 is 1.97 bits per heavy atom. The van der Waals surface area contributed by atoms with Crippen molar-refractivity contribution in [3.63, 3.8) is 0 Å². The van der Waals surface area contributed by atoms with Crippen LogP contribution in [0.5, 0.6) is 0 Å². The number of hydrogen-bond donors (Lipinski definition) is 1. The molecule has 0 atom stereocenters. The predicted octanol–water partition coefficient (Wildman–Crippen LogP) is 6.34. The smallest absolute Gasteiger partial charge is 0.326 e. The molecule has 0 unspecified atom stereocenters. The minimum atomic E-state index is -0.422. The number of carbonyl (C=O) groups excluding carboxylic acids is 1. The van der Waals surface area contributed by atoms with E-state index in [1.165, 1.54) is 17.2 Å². The molecule has 0 aliphatic carbocycles. The zero-order chi connectivity index (χ0) is 26.2. The summed E-state index contributed by atoms with van der Waals surface area (Å²) in [5, 5.41) is 4.65. The molecule has 6 nitrogen and oxygen atoms in total. The fourth-order valence-corrected chi connectivity index (χ4v) is 5.62. The van der Waals surface area contributed by atoms with E-state index in [2.05, 4.69) is 33.4 Å². The molecule has 0 fully saturated rings. The van der Waals surface area contributed by atoms with Gasteiger partial charge in [0, 0.05) is 49.9 Å². The predicted molar refractivity (Wildman–Crippen MR) is 147 cm³/mol. The molecule has 194 valence electrons. The number of pyridine rings is 1.